The van der Waals surface area contributed by atoms with E-state index in [9.17, 15) is 24.3 Å². The van der Waals surface area contributed by atoms with Gasteiger partial charge in [-0.2, -0.15) is 0 Å². The lowest BCUT2D eigenvalue weighted by atomic mass is 10.1. The molecule has 3 amide bonds. The number of nitrogens with zero attached hydrogens (tertiary/aromatic N) is 1. The quantitative estimate of drug-likeness (QED) is 0.243. The highest BCUT2D eigenvalue weighted by Crippen LogP contribution is 2.44. The average Bonchev–Trinajstić information content (AvgIpc) is 3.39. The summed E-state index contributed by atoms with van der Waals surface area (Å²) >= 11 is 6.78. The number of ether oxygens (including phenoxy) is 3. The van der Waals surface area contributed by atoms with Gasteiger partial charge in [0.05, 0.1) is 24.7 Å². The molecule has 0 aliphatic carbocycles. The van der Waals surface area contributed by atoms with Gasteiger partial charge >= 0.3 is 18.0 Å². The van der Waals surface area contributed by atoms with E-state index in [0.717, 1.165) is 4.90 Å². The molecule has 0 spiro atoms. The fraction of sp³-hybridized carbons (Fsp3) is 0.273. The van der Waals surface area contributed by atoms with E-state index >= 15 is 0 Å². The van der Waals surface area contributed by atoms with Crippen LogP contribution in [-0.2, 0) is 20.9 Å². The number of amides is 3. The van der Waals surface area contributed by atoms with Gasteiger partial charge in [0.15, 0.2) is 17.6 Å². The third-order valence-electron chi connectivity index (χ3n) is 4.72. The van der Waals surface area contributed by atoms with Gasteiger partial charge in [0, 0.05) is 4.47 Å². The number of halogens is 2. The number of carbonyl (C=O) groups excluding carboxylic acids is 3. The summed E-state index contributed by atoms with van der Waals surface area (Å²) in [4.78, 5) is 49.1. The van der Waals surface area contributed by atoms with E-state index in [1.807, 2.05) is 0 Å². The molecule has 13 heteroatoms. The van der Waals surface area contributed by atoms with Crippen molar-refractivity contribution in [3.05, 3.63) is 49.9 Å². The number of hydrogen-bond donors (Lipinski definition) is 2. The summed E-state index contributed by atoms with van der Waals surface area (Å²) in [5.74, 6) is -1.89. The van der Waals surface area contributed by atoms with E-state index in [4.69, 9.17) is 13.9 Å². The fourth-order valence-electron chi connectivity index (χ4n) is 3.01. The Morgan fingerprint density at radius 2 is 1.97 bits per heavy atom. The molecule has 1 atom stereocenters. The summed E-state index contributed by atoms with van der Waals surface area (Å²) in [7, 11) is 1.21. The molecule has 0 bridgehead atoms. The van der Waals surface area contributed by atoms with Gasteiger partial charge < -0.3 is 29.1 Å². The maximum absolute atomic E-state index is 12.9. The Morgan fingerprint density at radius 3 is 2.60 bits per heavy atom. The largest absolute Gasteiger partial charge is 0.490 e. The van der Waals surface area contributed by atoms with Crippen LogP contribution in [0.15, 0.2) is 37.3 Å². The van der Waals surface area contributed by atoms with Crippen LogP contribution >= 0.6 is 31.9 Å². The monoisotopic (exact) mass is 614 g/mol. The molecule has 1 aromatic heterocycles. The molecular formula is C22H20Br2N2O9. The van der Waals surface area contributed by atoms with E-state index in [2.05, 4.69) is 41.9 Å². The van der Waals surface area contributed by atoms with Crippen molar-refractivity contribution in [3.8, 4) is 11.5 Å². The first-order valence-electron chi connectivity index (χ1n) is 10.1. The topological polar surface area (TPSA) is 145 Å². The molecule has 2 aromatic rings. The molecule has 1 aliphatic heterocycles. The molecule has 1 saturated heterocycles. The number of carboxylic acids is 1. The predicted octanol–water partition coefficient (Wildman–Crippen LogP) is 3.93. The number of benzene rings is 1. The van der Waals surface area contributed by atoms with Gasteiger partial charge in [0.2, 0.25) is 5.76 Å². The Hall–Kier alpha value is -3.32. The predicted molar refractivity (Wildman–Crippen MR) is 128 cm³/mol. The van der Waals surface area contributed by atoms with Crippen molar-refractivity contribution in [1.29, 1.82) is 0 Å². The van der Waals surface area contributed by atoms with Gasteiger partial charge in [0.1, 0.15) is 11.5 Å². The van der Waals surface area contributed by atoms with Crippen molar-refractivity contribution in [2.45, 2.75) is 26.5 Å². The lowest BCUT2D eigenvalue weighted by molar-refractivity contribution is -0.144. The Morgan fingerprint density at radius 1 is 1.26 bits per heavy atom. The molecule has 2 heterocycles. The summed E-state index contributed by atoms with van der Waals surface area (Å²) in [6, 6.07) is 3.72. The minimum Gasteiger partial charge on any atom is -0.490 e. The third-order valence-corrected chi connectivity index (χ3v) is 6.87. The maximum Gasteiger partial charge on any atom is 0.373 e. The van der Waals surface area contributed by atoms with E-state index in [0.29, 0.717) is 14.5 Å². The molecule has 11 nitrogen and oxygen atoms in total. The highest BCUT2D eigenvalue weighted by atomic mass is 79.9. The minimum absolute atomic E-state index is 0.0163. The maximum atomic E-state index is 12.9. The Bertz CT molecular complexity index is 1220. The summed E-state index contributed by atoms with van der Waals surface area (Å²) in [5.41, 5.74) is 0.435. The third kappa shape index (κ3) is 5.68. The number of rotatable bonds is 9. The second-order valence-electron chi connectivity index (χ2n) is 7.09. The van der Waals surface area contributed by atoms with Crippen LogP contribution in [0.3, 0.4) is 0 Å². The van der Waals surface area contributed by atoms with Crippen LogP contribution in [0.4, 0.5) is 4.79 Å². The van der Waals surface area contributed by atoms with Crippen molar-refractivity contribution in [3.63, 3.8) is 0 Å². The van der Waals surface area contributed by atoms with Crippen molar-refractivity contribution in [2.24, 2.45) is 0 Å². The van der Waals surface area contributed by atoms with Gasteiger partial charge in [-0.15, -0.1) is 0 Å². The number of aliphatic carboxylic acids is 1. The number of imide groups is 1. The number of methoxy groups -OCH3 is 1. The van der Waals surface area contributed by atoms with Gasteiger partial charge in [-0.1, -0.05) is 0 Å². The van der Waals surface area contributed by atoms with Crippen molar-refractivity contribution >= 4 is 61.8 Å². The van der Waals surface area contributed by atoms with E-state index in [-0.39, 0.29) is 41.9 Å². The molecule has 0 radical (unpaired) electrons. The van der Waals surface area contributed by atoms with Crippen LogP contribution in [0.1, 0.15) is 35.7 Å². The first-order chi connectivity index (χ1) is 16.6. The number of urea groups is 1. The number of hydrogen-bond acceptors (Lipinski definition) is 8. The van der Waals surface area contributed by atoms with Gasteiger partial charge in [-0.05, 0) is 75.5 Å². The van der Waals surface area contributed by atoms with E-state index < -0.39 is 30.0 Å². The molecule has 35 heavy (non-hydrogen) atoms. The van der Waals surface area contributed by atoms with Crippen molar-refractivity contribution < 1.29 is 42.9 Å². The van der Waals surface area contributed by atoms with Crippen LogP contribution in [0, 0.1) is 0 Å². The Labute approximate surface area is 216 Å². The average molecular weight is 616 g/mol. The second kappa shape index (κ2) is 11.0. The zero-order valence-corrected chi connectivity index (χ0v) is 21.9. The summed E-state index contributed by atoms with van der Waals surface area (Å²) in [6.45, 7) is 3.19. The number of esters is 1. The Balaban J connectivity index is 1.90. The van der Waals surface area contributed by atoms with E-state index in [1.54, 1.807) is 13.0 Å². The summed E-state index contributed by atoms with van der Waals surface area (Å²) in [5, 5.41) is 11.7. The highest BCUT2D eigenvalue weighted by molar-refractivity contribution is 9.13. The molecule has 0 unspecified atom stereocenters. The zero-order valence-electron chi connectivity index (χ0n) is 18.7. The number of carboxylic acid groups (broad SMARTS) is 1. The first-order valence-corrected chi connectivity index (χ1v) is 11.7. The zero-order chi connectivity index (χ0) is 25.9. The summed E-state index contributed by atoms with van der Waals surface area (Å²) in [6.07, 6.45) is 0.288. The standard InChI is InChI=1S/C22H20Br2N2O9/c1-4-33-15-8-11(16(23)17(24)18(15)34-10(2)20(28)29)7-13-19(27)26(22(31)25-13)9-12-5-6-14(35-12)21(30)32-3/h5-8,10H,4,9H2,1-3H3,(H,25,31)(H,28,29)/b13-7-/t10-/m1/s1. The van der Waals surface area contributed by atoms with Crippen LogP contribution in [0.25, 0.3) is 6.08 Å². The molecule has 186 valence electrons. The van der Waals surface area contributed by atoms with Crippen molar-refractivity contribution in [1.82, 2.24) is 10.2 Å². The number of nitrogens with one attached hydrogen (secondary N) is 1. The van der Waals surface area contributed by atoms with Gasteiger partial charge in [0.25, 0.3) is 5.91 Å². The number of carbonyl (C=O) groups is 4. The molecule has 1 aliphatic rings. The lowest BCUT2D eigenvalue weighted by Gasteiger charge is -2.18. The van der Waals surface area contributed by atoms with Crippen molar-refractivity contribution in [2.75, 3.05) is 13.7 Å². The molecule has 0 saturated carbocycles. The molecular weight excluding hydrogens is 596 g/mol. The lowest BCUT2D eigenvalue weighted by Crippen LogP contribution is -2.30. The minimum atomic E-state index is -1.16. The van der Waals surface area contributed by atoms with Crippen LogP contribution in [0.2, 0.25) is 0 Å². The Kier molecular flexibility index (Phi) is 8.22. The highest BCUT2D eigenvalue weighted by Gasteiger charge is 2.35. The SMILES string of the molecule is CCOc1cc(/C=C2\NC(=O)N(Cc3ccc(C(=O)OC)o3)C2=O)c(Br)c(Br)c1O[C@H](C)C(=O)O. The first kappa shape index (κ1) is 26.3. The van der Waals surface area contributed by atoms with Gasteiger partial charge in [-0.3, -0.25) is 9.69 Å². The normalized spacial score (nSPS) is 15.2. The molecule has 1 fully saturated rings. The van der Waals surface area contributed by atoms with Crippen LogP contribution < -0.4 is 14.8 Å². The smallest absolute Gasteiger partial charge is 0.373 e. The van der Waals surface area contributed by atoms with Crippen LogP contribution in [-0.4, -0.2) is 53.7 Å². The van der Waals surface area contributed by atoms with Gasteiger partial charge in [-0.25, -0.2) is 14.4 Å². The summed E-state index contributed by atoms with van der Waals surface area (Å²) < 4.78 is 21.9. The molecule has 2 N–H and O–H groups in total. The molecule has 1 aromatic carbocycles. The fourth-order valence-corrected chi connectivity index (χ4v) is 3.94. The molecule has 3 rings (SSSR count). The number of furan rings is 1. The van der Waals surface area contributed by atoms with E-state index in [1.165, 1.54) is 32.2 Å². The van der Waals surface area contributed by atoms with Crippen LogP contribution in [0.5, 0.6) is 11.5 Å². The second-order valence-corrected chi connectivity index (χ2v) is 8.68.